The van der Waals surface area contributed by atoms with Crippen LogP contribution in [0.15, 0.2) is 72.8 Å². The molecule has 3 aromatic carbocycles. The molecule has 4 rings (SSSR count). The van der Waals surface area contributed by atoms with Crippen LogP contribution in [0.5, 0.6) is 0 Å². The van der Waals surface area contributed by atoms with E-state index in [2.05, 4.69) is 34.1 Å². The summed E-state index contributed by atoms with van der Waals surface area (Å²) in [5.74, 6) is -1.99. The standard InChI is InChI=1S/C29H28ClF2N3O2S/c1-2-18-7-6-8-19(11-18)16-33-17-25(36)24(14-20-12-22(31)15-23(32)13-20)34-29(37)26-27(38-35-28(26)30)21-9-4-3-5-10-21/h3-13,15,24-25,33,36H,2,14,16-17H2,1H3,(H,34,37)/t24-,25+/m0/s1. The highest BCUT2D eigenvalue weighted by atomic mass is 35.5. The third-order valence-electron chi connectivity index (χ3n) is 6.15. The lowest BCUT2D eigenvalue weighted by molar-refractivity contribution is 0.0830. The number of amides is 1. The predicted octanol–water partition coefficient (Wildman–Crippen LogP) is 5.80. The minimum Gasteiger partial charge on any atom is -0.390 e. The zero-order valence-electron chi connectivity index (χ0n) is 20.8. The molecule has 3 N–H and O–H groups in total. The van der Waals surface area contributed by atoms with Crippen LogP contribution in [-0.2, 0) is 19.4 Å². The van der Waals surface area contributed by atoms with E-state index in [0.29, 0.717) is 17.0 Å². The van der Waals surface area contributed by atoms with Crippen LogP contribution in [0, 0.1) is 11.6 Å². The molecule has 0 saturated carbocycles. The summed E-state index contributed by atoms with van der Waals surface area (Å²) in [6.07, 6.45) is -0.144. The van der Waals surface area contributed by atoms with E-state index in [1.807, 2.05) is 42.5 Å². The number of benzene rings is 3. The summed E-state index contributed by atoms with van der Waals surface area (Å²) in [6, 6.07) is 19.7. The van der Waals surface area contributed by atoms with Crippen molar-refractivity contribution in [2.45, 2.75) is 38.5 Å². The van der Waals surface area contributed by atoms with Crippen LogP contribution in [0.25, 0.3) is 10.4 Å². The van der Waals surface area contributed by atoms with Crippen molar-refractivity contribution in [3.63, 3.8) is 0 Å². The van der Waals surface area contributed by atoms with Crippen molar-refractivity contribution < 1.29 is 18.7 Å². The molecule has 0 aliphatic rings. The number of aryl methyl sites for hydroxylation is 1. The maximum atomic E-state index is 13.9. The zero-order chi connectivity index (χ0) is 27.1. The third-order valence-corrected chi connectivity index (χ3v) is 7.42. The van der Waals surface area contributed by atoms with Gasteiger partial charge >= 0.3 is 0 Å². The molecule has 0 fully saturated rings. The molecule has 1 amide bonds. The zero-order valence-corrected chi connectivity index (χ0v) is 22.3. The minimum absolute atomic E-state index is 0.00441. The highest BCUT2D eigenvalue weighted by Gasteiger charge is 2.27. The number of aliphatic hydroxyl groups excluding tert-OH is 1. The first kappa shape index (κ1) is 27.9. The number of carbonyl (C=O) groups is 1. The Morgan fingerprint density at radius 1 is 1.00 bits per heavy atom. The monoisotopic (exact) mass is 555 g/mol. The van der Waals surface area contributed by atoms with Gasteiger partial charge in [0.15, 0.2) is 5.15 Å². The molecular weight excluding hydrogens is 528 g/mol. The molecule has 4 aromatic rings. The molecule has 9 heteroatoms. The lowest BCUT2D eigenvalue weighted by Gasteiger charge is -2.25. The van der Waals surface area contributed by atoms with E-state index in [9.17, 15) is 18.7 Å². The molecule has 0 aliphatic carbocycles. The Labute approximate surface area is 229 Å². The number of aromatic nitrogens is 1. The first-order chi connectivity index (χ1) is 18.3. The van der Waals surface area contributed by atoms with E-state index in [0.717, 1.165) is 35.1 Å². The second-order valence-corrected chi connectivity index (χ2v) is 10.1. The molecule has 0 spiro atoms. The number of carbonyl (C=O) groups excluding carboxylic acids is 1. The molecule has 0 aliphatic heterocycles. The van der Waals surface area contributed by atoms with Gasteiger partial charge < -0.3 is 15.7 Å². The van der Waals surface area contributed by atoms with E-state index in [4.69, 9.17) is 11.6 Å². The first-order valence-corrected chi connectivity index (χ1v) is 13.4. The summed E-state index contributed by atoms with van der Waals surface area (Å²) in [6.45, 7) is 2.73. The van der Waals surface area contributed by atoms with Gasteiger partial charge in [0.2, 0.25) is 0 Å². The normalized spacial score (nSPS) is 12.8. The largest absolute Gasteiger partial charge is 0.390 e. The molecule has 0 bridgehead atoms. The number of rotatable bonds is 11. The average molecular weight is 556 g/mol. The van der Waals surface area contributed by atoms with Crippen LogP contribution in [0.1, 0.15) is 34.0 Å². The molecule has 198 valence electrons. The SMILES string of the molecule is CCc1cccc(CNC[C@@H](O)[C@H](Cc2cc(F)cc(F)c2)NC(=O)c2c(Cl)nsc2-c2ccccc2)c1. The van der Waals surface area contributed by atoms with E-state index in [1.165, 1.54) is 17.7 Å². The summed E-state index contributed by atoms with van der Waals surface area (Å²) < 4.78 is 31.9. The van der Waals surface area contributed by atoms with Crippen LogP contribution >= 0.6 is 23.1 Å². The summed E-state index contributed by atoms with van der Waals surface area (Å²) in [5, 5.41) is 17.2. The van der Waals surface area contributed by atoms with Crippen molar-refractivity contribution in [3.05, 3.63) is 112 Å². The fourth-order valence-corrected chi connectivity index (χ4v) is 5.35. The summed E-state index contributed by atoms with van der Waals surface area (Å²) in [5.41, 5.74) is 3.55. The van der Waals surface area contributed by atoms with Gasteiger partial charge in [0.25, 0.3) is 5.91 Å². The second kappa shape index (κ2) is 13.1. The Morgan fingerprint density at radius 2 is 1.71 bits per heavy atom. The van der Waals surface area contributed by atoms with Crippen molar-refractivity contribution >= 4 is 29.0 Å². The van der Waals surface area contributed by atoms with Gasteiger partial charge in [0, 0.05) is 19.2 Å². The number of hydrogen-bond acceptors (Lipinski definition) is 5. The predicted molar refractivity (Wildman–Crippen MR) is 147 cm³/mol. The summed E-state index contributed by atoms with van der Waals surface area (Å²) >= 11 is 7.39. The topological polar surface area (TPSA) is 74.2 Å². The van der Waals surface area contributed by atoms with Crippen LogP contribution < -0.4 is 10.6 Å². The minimum atomic E-state index is -1.06. The molecule has 38 heavy (non-hydrogen) atoms. The van der Waals surface area contributed by atoms with Crippen molar-refractivity contribution in [3.8, 4) is 10.4 Å². The van der Waals surface area contributed by atoms with Crippen molar-refractivity contribution in [1.29, 1.82) is 0 Å². The Bertz CT molecular complexity index is 1360. The van der Waals surface area contributed by atoms with Gasteiger partial charge in [0.05, 0.1) is 22.6 Å². The first-order valence-electron chi connectivity index (χ1n) is 12.3. The Kier molecular flexibility index (Phi) is 9.58. The third kappa shape index (κ3) is 7.23. The van der Waals surface area contributed by atoms with E-state index < -0.39 is 29.7 Å². The van der Waals surface area contributed by atoms with Crippen molar-refractivity contribution in [2.24, 2.45) is 0 Å². The highest BCUT2D eigenvalue weighted by molar-refractivity contribution is 7.10. The fourth-order valence-electron chi connectivity index (χ4n) is 4.23. The number of hydrogen-bond donors (Lipinski definition) is 3. The molecule has 5 nitrogen and oxygen atoms in total. The van der Waals surface area contributed by atoms with Crippen LogP contribution in [-0.4, -0.2) is 34.1 Å². The Morgan fingerprint density at radius 3 is 2.42 bits per heavy atom. The smallest absolute Gasteiger partial charge is 0.256 e. The Balaban J connectivity index is 1.53. The molecule has 0 unspecified atom stereocenters. The van der Waals surface area contributed by atoms with Gasteiger partial charge in [-0.25, -0.2) is 8.78 Å². The van der Waals surface area contributed by atoms with Gasteiger partial charge in [-0.1, -0.05) is 73.1 Å². The van der Waals surface area contributed by atoms with Gasteiger partial charge in [0.1, 0.15) is 11.6 Å². The average Bonchev–Trinajstić information content (AvgIpc) is 3.29. The van der Waals surface area contributed by atoms with Gasteiger partial charge in [-0.05, 0) is 58.8 Å². The molecule has 2 atom stereocenters. The van der Waals surface area contributed by atoms with E-state index in [-0.39, 0.29) is 23.7 Å². The Hall–Kier alpha value is -3.17. The van der Waals surface area contributed by atoms with Gasteiger partial charge in [-0.15, -0.1) is 0 Å². The number of aliphatic hydroxyl groups is 1. The summed E-state index contributed by atoms with van der Waals surface area (Å²) in [7, 11) is 0. The van der Waals surface area contributed by atoms with Crippen LogP contribution in [0.2, 0.25) is 5.15 Å². The quantitative estimate of drug-likeness (QED) is 0.219. The van der Waals surface area contributed by atoms with Crippen molar-refractivity contribution in [1.82, 2.24) is 15.0 Å². The molecule has 1 aromatic heterocycles. The highest BCUT2D eigenvalue weighted by Crippen LogP contribution is 2.33. The summed E-state index contributed by atoms with van der Waals surface area (Å²) in [4.78, 5) is 14.0. The van der Waals surface area contributed by atoms with Crippen LogP contribution in [0.3, 0.4) is 0 Å². The second-order valence-electron chi connectivity index (χ2n) is 8.98. The molecule has 0 radical (unpaired) electrons. The molecule has 1 heterocycles. The maximum absolute atomic E-state index is 13.9. The van der Waals surface area contributed by atoms with E-state index >= 15 is 0 Å². The number of nitrogens with zero attached hydrogens (tertiary/aromatic N) is 1. The fraction of sp³-hybridized carbons (Fsp3) is 0.241. The lowest BCUT2D eigenvalue weighted by Crippen LogP contribution is -2.48. The van der Waals surface area contributed by atoms with E-state index in [1.54, 1.807) is 0 Å². The van der Waals surface area contributed by atoms with Crippen molar-refractivity contribution in [2.75, 3.05) is 6.54 Å². The lowest BCUT2D eigenvalue weighted by atomic mass is 9.99. The number of halogens is 3. The molecular formula is C29H28ClF2N3O2S. The van der Waals surface area contributed by atoms with Gasteiger partial charge in [-0.3, -0.25) is 4.79 Å². The molecule has 0 saturated heterocycles. The number of nitrogens with one attached hydrogen (secondary N) is 2. The van der Waals surface area contributed by atoms with Gasteiger partial charge in [-0.2, -0.15) is 4.37 Å². The maximum Gasteiger partial charge on any atom is 0.256 e. The van der Waals surface area contributed by atoms with Crippen LogP contribution in [0.4, 0.5) is 8.78 Å².